The Morgan fingerprint density at radius 1 is 1.04 bits per heavy atom. The Hall–Kier alpha value is -2.04. The molecule has 0 aromatic heterocycles. The van der Waals surface area contributed by atoms with Gasteiger partial charge in [-0.1, -0.05) is 48.5 Å². The van der Waals surface area contributed by atoms with Crippen LogP contribution in [0, 0.1) is 0 Å². The SMILES string of the molecule is Cl.NC1CCN(C(=O)CCOc2ccccc2-c2ccccc2)CC1. The van der Waals surface area contributed by atoms with Gasteiger partial charge in [0.15, 0.2) is 0 Å². The third-order valence-electron chi connectivity index (χ3n) is 4.44. The topological polar surface area (TPSA) is 55.6 Å². The average molecular weight is 361 g/mol. The second kappa shape index (κ2) is 9.44. The van der Waals surface area contributed by atoms with Gasteiger partial charge >= 0.3 is 0 Å². The molecule has 2 aromatic carbocycles. The zero-order chi connectivity index (χ0) is 16.8. The Morgan fingerprint density at radius 2 is 1.68 bits per heavy atom. The van der Waals surface area contributed by atoms with Gasteiger partial charge in [0.2, 0.25) is 5.91 Å². The van der Waals surface area contributed by atoms with E-state index in [2.05, 4.69) is 12.1 Å². The number of para-hydroxylation sites is 1. The van der Waals surface area contributed by atoms with Crippen LogP contribution in [0.3, 0.4) is 0 Å². The van der Waals surface area contributed by atoms with Crippen LogP contribution in [0.1, 0.15) is 19.3 Å². The van der Waals surface area contributed by atoms with Gasteiger partial charge < -0.3 is 15.4 Å². The van der Waals surface area contributed by atoms with Crippen LogP contribution in [-0.4, -0.2) is 36.5 Å². The lowest BCUT2D eigenvalue weighted by Gasteiger charge is -2.30. The van der Waals surface area contributed by atoms with Gasteiger partial charge in [-0.05, 0) is 24.5 Å². The minimum absolute atomic E-state index is 0. The zero-order valence-electron chi connectivity index (χ0n) is 14.3. The fraction of sp³-hybridized carbons (Fsp3) is 0.350. The first-order valence-corrected chi connectivity index (χ1v) is 8.54. The molecule has 2 aromatic rings. The smallest absolute Gasteiger partial charge is 0.225 e. The molecule has 134 valence electrons. The van der Waals surface area contributed by atoms with E-state index in [1.54, 1.807) is 0 Å². The first-order valence-electron chi connectivity index (χ1n) is 8.54. The molecule has 3 rings (SSSR count). The van der Waals surface area contributed by atoms with Crippen molar-refractivity contribution in [1.82, 2.24) is 4.90 Å². The van der Waals surface area contributed by atoms with Crippen LogP contribution in [0.4, 0.5) is 0 Å². The highest BCUT2D eigenvalue weighted by atomic mass is 35.5. The van der Waals surface area contributed by atoms with Crippen LogP contribution in [0.2, 0.25) is 0 Å². The fourth-order valence-corrected chi connectivity index (χ4v) is 3.00. The van der Waals surface area contributed by atoms with Crippen LogP contribution in [0.15, 0.2) is 54.6 Å². The molecule has 25 heavy (non-hydrogen) atoms. The number of nitrogens with two attached hydrogens (primary N) is 1. The lowest BCUT2D eigenvalue weighted by molar-refractivity contribution is -0.132. The molecule has 0 saturated carbocycles. The normalized spacial score (nSPS) is 14.7. The van der Waals surface area contributed by atoms with Crippen molar-refractivity contribution in [2.75, 3.05) is 19.7 Å². The molecular formula is C20H25ClN2O2. The molecule has 1 heterocycles. The van der Waals surface area contributed by atoms with E-state index >= 15 is 0 Å². The molecule has 0 radical (unpaired) electrons. The Balaban J connectivity index is 0.00000225. The molecule has 2 N–H and O–H groups in total. The van der Waals surface area contributed by atoms with Gasteiger partial charge in [-0.3, -0.25) is 4.79 Å². The summed E-state index contributed by atoms with van der Waals surface area (Å²) in [6.45, 7) is 1.92. The lowest BCUT2D eigenvalue weighted by Crippen LogP contribution is -2.43. The average Bonchev–Trinajstić information content (AvgIpc) is 2.63. The molecule has 1 aliphatic rings. The minimum atomic E-state index is 0. The maximum absolute atomic E-state index is 12.3. The van der Waals surface area contributed by atoms with Crippen molar-refractivity contribution in [2.45, 2.75) is 25.3 Å². The molecule has 1 amide bonds. The molecule has 0 spiro atoms. The molecule has 1 fully saturated rings. The van der Waals surface area contributed by atoms with Crippen molar-refractivity contribution in [3.05, 3.63) is 54.6 Å². The Morgan fingerprint density at radius 3 is 2.40 bits per heavy atom. The van der Waals surface area contributed by atoms with Gasteiger partial charge in [0.05, 0.1) is 13.0 Å². The maximum atomic E-state index is 12.3. The van der Waals surface area contributed by atoms with Crippen molar-refractivity contribution in [2.24, 2.45) is 5.73 Å². The number of hydrogen-bond donors (Lipinski definition) is 1. The van der Waals surface area contributed by atoms with Gasteiger partial charge in [-0.25, -0.2) is 0 Å². The first-order chi connectivity index (χ1) is 11.7. The van der Waals surface area contributed by atoms with Crippen LogP contribution < -0.4 is 10.5 Å². The summed E-state index contributed by atoms with van der Waals surface area (Å²) in [5.41, 5.74) is 8.05. The van der Waals surface area contributed by atoms with Crippen LogP contribution in [0.25, 0.3) is 11.1 Å². The summed E-state index contributed by atoms with van der Waals surface area (Å²) in [5, 5.41) is 0. The van der Waals surface area contributed by atoms with E-state index in [0.717, 1.165) is 42.8 Å². The predicted molar refractivity (Wildman–Crippen MR) is 103 cm³/mol. The summed E-state index contributed by atoms with van der Waals surface area (Å²) in [7, 11) is 0. The number of carbonyl (C=O) groups is 1. The zero-order valence-corrected chi connectivity index (χ0v) is 15.1. The van der Waals surface area contributed by atoms with E-state index < -0.39 is 0 Å². The van der Waals surface area contributed by atoms with E-state index in [1.165, 1.54) is 0 Å². The number of piperidine rings is 1. The number of benzene rings is 2. The predicted octanol–water partition coefficient (Wildman–Crippen LogP) is 3.49. The molecule has 0 unspecified atom stereocenters. The number of hydrogen-bond acceptors (Lipinski definition) is 3. The monoisotopic (exact) mass is 360 g/mol. The van der Waals surface area contributed by atoms with Crippen molar-refractivity contribution >= 4 is 18.3 Å². The molecule has 5 heteroatoms. The largest absolute Gasteiger partial charge is 0.492 e. The van der Waals surface area contributed by atoms with Crippen molar-refractivity contribution in [1.29, 1.82) is 0 Å². The van der Waals surface area contributed by atoms with Crippen molar-refractivity contribution in [3.63, 3.8) is 0 Å². The summed E-state index contributed by atoms with van der Waals surface area (Å²) < 4.78 is 5.90. The van der Waals surface area contributed by atoms with Gasteiger partial charge in [-0.15, -0.1) is 12.4 Å². The highest BCUT2D eigenvalue weighted by Crippen LogP contribution is 2.29. The third kappa shape index (κ3) is 5.21. The van der Waals surface area contributed by atoms with Crippen molar-refractivity contribution in [3.8, 4) is 16.9 Å². The molecule has 1 aliphatic heterocycles. The number of ether oxygens (including phenoxy) is 1. The molecule has 0 atom stereocenters. The molecule has 4 nitrogen and oxygen atoms in total. The second-order valence-corrected chi connectivity index (χ2v) is 6.18. The summed E-state index contributed by atoms with van der Waals surface area (Å²) >= 11 is 0. The Labute approximate surface area is 155 Å². The molecule has 0 aliphatic carbocycles. The first kappa shape index (κ1) is 19.3. The standard InChI is InChI=1S/C20H24N2O2.ClH/c21-17-10-13-22(14-11-17)20(23)12-15-24-19-9-5-4-8-18(19)16-6-2-1-3-7-16;/h1-9,17H,10-15,21H2;1H. The Kier molecular flexibility index (Phi) is 7.29. The van der Waals surface area contributed by atoms with Crippen LogP contribution >= 0.6 is 12.4 Å². The summed E-state index contributed by atoms with van der Waals surface area (Å²) in [6.07, 6.45) is 2.19. The van der Waals surface area contributed by atoms with E-state index in [0.29, 0.717) is 13.0 Å². The number of nitrogens with zero attached hydrogens (tertiary/aromatic N) is 1. The van der Waals surface area contributed by atoms with Gasteiger partial charge in [0.25, 0.3) is 0 Å². The summed E-state index contributed by atoms with van der Waals surface area (Å²) in [5.74, 6) is 0.969. The van der Waals surface area contributed by atoms with Gasteiger partial charge in [-0.2, -0.15) is 0 Å². The summed E-state index contributed by atoms with van der Waals surface area (Å²) in [6, 6.07) is 18.3. The van der Waals surface area contributed by atoms with E-state index in [-0.39, 0.29) is 24.4 Å². The number of likely N-dealkylation sites (tertiary alicyclic amines) is 1. The van der Waals surface area contributed by atoms with Gasteiger partial charge in [0, 0.05) is 24.7 Å². The van der Waals surface area contributed by atoms with E-state index in [4.69, 9.17) is 10.5 Å². The Bertz CT molecular complexity index is 670. The van der Waals surface area contributed by atoms with E-state index in [9.17, 15) is 4.79 Å². The van der Waals surface area contributed by atoms with Crippen LogP contribution in [-0.2, 0) is 4.79 Å². The van der Waals surface area contributed by atoms with Crippen LogP contribution in [0.5, 0.6) is 5.75 Å². The maximum Gasteiger partial charge on any atom is 0.225 e. The minimum Gasteiger partial charge on any atom is -0.492 e. The number of carbonyl (C=O) groups excluding carboxylic acids is 1. The third-order valence-corrected chi connectivity index (χ3v) is 4.44. The number of rotatable bonds is 5. The van der Waals surface area contributed by atoms with Gasteiger partial charge in [0.1, 0.15) is 5.75 Å². The fourth-order valence-electron chi connectivity index (χ4n) is 3.00. The van der Waals surface area contributed by atoms with E-state index in [1.807, 2.05) is 47.4 Å². The highest BCUT2D eigenvalue weighted by molar-refractivity contribution is 5.85. The lowest BCUT2D eigenvalue weighted by atomic mass is 10.0. The highest BCUT2D eigenvalue weighted by Gasteiger charge is 2.20. The molecule has 1 saturated heterocycles. The van der Waals surface area contributed by atoms with Crippen molar-refractivity contribution < 1.29 is 9.53 Å². The quantitative estimate of drug-likeness (QED) is 0.887. The molecule has 0 bridgehead atoms. The summed E-state index contributed by atoms with van der Waals surface area (Å²) in [4.78, 5) is 14.2. The number of amides is 1. The molecular weight excluding hydrogens is 336 g/mol. The number of halogens is 1. The second-order valence-electron chi connectivity index (χ2n) is 6.18.